The fourth-order valence-electron chi connectivity index (χ4n) is 3.86. The van der Waals surface area contributed by atoms with Gasteiger partial charge in [-0.1, -0.05) is 35.3 Å². The van der Waals surface area contributed by atoms with Crippen molar-refractivity contribution >= 4 is 35.1 Å². The quantitative estimate of drug-likeness (QED) is 0.253. The Morgan fingerprint density at radius 3 is 1.95 bits per heavy atom. The molecule has 0 unspecified atom stereocenters. The van der Waals surface area contributed by atoms with Crippen LogP contribution in [0, 0.1) is 13.8 Å². The lowest BCUT2D eigenvalue weighted by Crippen LogP contribution is -2.06. The fourth-order valence-corrected chi connectivity index (χ4v) is 4.20. The van der Waals surface area contributed by atoms with Crippen LogP contribution in [-0.4, -0.2) is 44.7 Å². The van der Waals surface area contributed by atoms with Crippen LogP contribution in [0.1, 0.15) is 45.7 Å². The van der Waals surface area contributed by atoms with Gasteiger partial charge in [0, 0.05) is 41.5 Å². The van der Waals surface area contributed by atoms with Crippen LogP contribution in [0.15, 0.2) is 48.8 Å². The van der Waals surface area contributed by atoms with Gasteiger partial charge in [-0.2, -0.15) is 10.2 Å². The van der Waals surface area contributed by atoms with Gasteiger partial charge in [0.15, 0.2) is 0 Å². The van der Waals surface area contributed by atoms with Crippen LogP contribution in [0.5, 0.6) is 0 Å². The minimum atomic E-state index is -0.370. The molecule has 0 aliphatic heterocycles. The zero-order valence-electron chi connectivity index (χ0n) is 22.2. The summed E-state index contributed by atoms with van der Waals surface area (Å²) in [6.07, 6.45) is 3.18. The van der Waals surface area contributed by atoms with Gasteiger partial charge in [-0.25, -0.2) is 9.59 Å². The number of benzene rings is 2. The Balaban J connectivity index is 0.000000211. The molecule has 0 fully saturated rings. The first-order valence-electron chi connectivity index (χ1n) is 12.0. The third kappa shape index (κ3) is 6.62. The molecule has 0 radical (unpaired) electrons. The molecule has 8 nitrogen and oxygen atoms in total. The molecule has 0 spiro atoms. The van der Waals surface area contributed by atoms with E-state index in [-0.39, 0.29) is 11.9 Å². The molecule has 2 aromatic carbocycles. The van der Waals surface area contributed by atoms with Gasteiger partial charge in [-0.05, 0) is 63.1 Å². The van der Waals surface area contributed by atoms with Crippen molar-refractivity contribution < 1.29 is 19.1 Å². The van der Waals surface area contributed by atoms with Gasteiger partial charge in [-0.3, -0.25) is 9.36 Å². The Bertz CT molecular complexity index is 1440. The van der Waals surface area contributed by atoms with Crippen molar-refractivity contribution in [1.29, 1.82) is 0 Å². The van der Waals surface area contributed by atoms with E-state index in [1.165, 1.54) is 6.20 Å². The molecule has 0 saturated carbocycles. The number of rotatable bonds is 6. The number of esters is 2. The number of ether oxygens (including phenoxy) is 2. The van der Waals surface area contributed by atoms with Gasteiger partial charge in [0.2, 0.25) is 0 Å². The van der Waals surface area contributed by atoms with Crippen molar-refractivity contribution in [2.75, 3.05) is 13.2 Å². The second-order valence-corrected chi connectivity index (χ2v) is 9.33. The zero-order valence-corrected chi connectivity index (χ0v) is 23.7. The van der Waals surface area contributed by atoms with E-state index in [1.807, 2.05) is 50.2 Å². The minimum absolute atomic E-state index is 0.335. The first-order chi connectivity index (χ1) is 18.1. The molecule has 0 N–H and O–H groups in total. The van der Waals surface area contributed by atoms with Gasteiger partial charge in [0.25, 0.3) is 0 Å². The van der Waals surface area contributed by atoms with E-state index < -0.39 is 0 Å². The highest BCUT2D eigenvalue weighted by molar-refractivity contribution is 6.31. The van der Waals surface area contributed by atoms with Gasteiger partial charge < -0.3 is 9.47 Å². The maximum absolute atomic E-state index is 11.9. The molecule has 2 aromatic heterocycles. The van der Waals surface area contributed by atoms with Crippen LogP contribution in [-0.2, 0) is 23.6 Å². The van der Waals surface area contributed by atoms with Crippen molar-refractivity contribution in [2.24, 2.45) is 14.1 Å². The molecule has 0 amide bonds. The lowest BCUT2D eigenvalue weighted by molar-refractivity contribution is 0.0517. The predicted molar refractivity (Wildman–Crippen MR) is 149 cm³/mol. The summed E-state index contributed by atoms with van der Waals surface area (Å²) in [7, 11) is 3.56. The second kappa shape index (κ2) is 12.8. The summed E-state index contributed by atoms with van der Waals surface area (Å²) in [5.74, 6) is -0.741. The van der Waals surface area contributed by atoms with Gasteiger partial charge >= 0.3 is 11.9 Å². The molecule has 0 bridgehead atoms. The van der Waals surface area contributed by atoms with Gasteiger partial charge in [-0.15, -0.1) is 0 Å². The lowest BCUT2D eigenvalue weighted by atomic mass is 10.0. The number of hydrogen-bond donors (Lipinski definition) is 0. The molecule has 0 aliphatic rings. The summed E-state index contributed by atoms with van der Waals surface area (Å²) >= 11 is 12.0. The second-order valence-electron chi connectivity index (χ2n) is 8.45. The number of carbonyl (C=O) groups excluding carboxylic acids is 2. The summed E-state index contributed by atoms with van der Waals surface area (Å²) in [4.78, 5) is 23.9. The Labute approximate surface area is 232 Å². The van der Waals surface area contributed by atoms with E-state index in [2.05, 4.69) is 10.2 Å². The number of nitrogens with zero attached hydrogens (tertiary/aromatic N) is 4. The minimum Gasteiger partial charge on any atom is -0.462 e. The maximum atomic E-state index is 11.9. The molecule has 38 heavy (non-hydrogen) atoms. The molecular formula is C28H30Cl2N4O4. The van der Waals surface area contributed by atoms with Crippen LogP contribution in [0.3, 0.4) is 0 Å². The van der Waals surface area contributed by atoms with Crippen LogP contribution in [0.4, 0.5) is 0 Å². The average Bonchev–Trinajstić information content (AvgIpc) is 3.45. The zero-order chi connectivity index (χ0) is 28.0. The molecule has 4 rings (SSSR count). The van der Waals surface area contributed by atoms with E-state index in [1.54, 1.807) is 43.5 Å². The summed E-state index contributed by atoms with van der Waals surface area (Å²) in [5.41, 5.74) is 5.99. The van der Waals surface area contributed by atoms with Crippen molar-refractivity contribution in [3.05, 3.63) is 81.1 Å². The summed E-state index contributed by atoms with van der Waals surface area (Å²) in [6, 6.07) is 11.1. The van der Waals surface area contributed by atoms with E-state index in [4.69, 9.17) is 32.7 Å². The van der Waals surface area contributed by atoms with Gasteiger partial charge in [0.05, 0.1) is 25.1 Å². The van der Waals surface area contributed by atoms with E-state index in [9.17, 15) is 9.59 Å². The first kappa shape index (κ1) is 28.9. The highest BCUT2D eigenvalue weighted by Crippen LogP contribution is 2.30. The first-order valence-corrected chi connectivity index (χ1v) is 12.8. The molecule has 10 heteroatoms. The van der Waals surface area contributed by atoms with E-state index in [0.29, 0.717) is 40.1 Å². The highest BCUT2D eigenvalue weighted by Gasteiger charge is 2.21. The Morgan fingerprint density at radius 2 is 1.37 bits per heavy atom. The SMILES string of the molecule is CCOC(=O)c1cn(C)nc1-c1cc(Cl)ccc1C.CCOC(=O)c1cnn(C)c1-c1cc(Cl)ccc1C. The van der Waals surface area contributed by atoms with Crippen molar-refractivity contribution in [3.63, 3.8) is 0 Å². The Hall–Kier alpha value is -3.62. The third-order valence-electron chi connectivity index (χ3n) is 5.67. The smallest absolute Gasteiger partial charge is 0.341 e. The van der Waals surface area contributed by atoms with E-state index >= 15 is 0 Å². The van der Waals surface area contributed by atoms with E-state index in [0.717, 1.165) is 27.9 Å². The lowest BCUT2D eigenvalue weighted by Gasteiger charge is -2.09. The topological polar surface area (TPSA) is 88.2 Å². The number of aromatic nitrogens is 4. The van der Waals surface area contributed by atoms with Crippen molar-refractivity contribution in [3.8, 4) is 22.5 Å². The average molecular weight is 557 g/mol. The molecule has 2 heterocycles. The summed E-state index contributed by atoms with van der Waals surface area (Å²) < 4.78 is 13.4. The van der Waals surface area contributed by atoms with Crippen LogP contribution in [0.25, 0.3) is 22.5 Å². The number of halogens is 2. The maximum Gasteiger partial charge on any atom is 0.341 e. The molecule has 200 valence electrons. The Morgan fingerprint density at radius 1 is 0.842 bits per heavy atom. The predicted octanol–water partition coefficient (Wildman–Crippen LogP) is 6.45. The van der Waals surface area contributed by atoms with Crippen molar-refractivity contribution in [2.45, 2.75) is 27.7 Å². The van der Waals surface area contributed by atoms with Crippen LogP contribution >= 0.6 is 23.2 Å². The molecule has 0 aliphatic carbocycles. The normalized spacial score (nSPS) is 10.5. The monoisotopic (exact) mass is 556 g/mol. The molecule has 0 atom stereocenters. The number of hydrogen-bond acceptors (Lipinski definition) is 6. The third-order valence-corrected chi connectivity index (χ3v) is 6.14. The Kier molecular flexibility index (Phi) is 9.72. The largest absolute Gasteiger partial charge is 0.462 e. The molecule has 4 aromatic rings. The fraction of sp³-hybridized carbons (Fsp3) is 0.286. The standard InChI is InChI=1S/2C14H15ClN2O2/c1-4-19-14(18)12-8-17(3)16-13(12)11-7-10(15)6-5-9(11)2;1-4-19-14(18)12-8-16-17(3)13(12)11-7-10(15)6-5-9(11)2/h2*5-8H,4H2,1-3H3. The summed E-state index contributed by atoms with van der Waals surface area (Å²) in [6.45, 7) is 8.14. The molecular weight excluding hydrogens is 527 g/mol. The van der Waals surface area contributed by atoms with Crippen LogP contribution < -0.4 is 0 Å². The molecule has 0 saturated heterocycles. The number of carbonyl (C=O) groups is 2. The van der Waals surface area contributed by atoms with Crippen LogP contribution in [0.2, 0.25) is 10.0 Å². The number of aryl methyl sites for hydroxylation is 4. The van der Waals surface area contributed by atoms with Gasteiger partial charge in [0.1, 0.15) is 16.8 Å². The van der Waals surface area contributed by atoms with Crippen molar-refractivity contribution in [1.82, 2.24) is 19.6 Å². The summed E-state index contributed by atoms with van der Waals surface area (Å²) in [5, 5.41) is 9.72. The highest BCUT2D eigenvalue weighted by atomic mass is 35.5.